The summed E-state index contributed by atoms with van der Waals surface area (Å²) < 4.78 is 0. The number of carbonyl (C=O) groups is 10. The van der Waals surface area contributed by atoms with Gasteiger partial charge in [0.2, 0.25) is 59.1 Å². The third kappa shape index (κ3) is 28.2. The zero-order valence-electron chi connectivity index (χ0n) is 51.9. The molecule has 0 aliphatic carbocycles. The van der Waals surface area contributed by atoms with Gasteiger partial charge in [-0.05, 0) is 108 Å². The van der Waals surface area contributed by atoms with Gasteiger partial charge in [-0.3, -0.25) is 47.9 Å². The van der Waals surface area contributed by atoms with Crippen LogP contribution in [0.25, 0.3) is 0 Å². The van der Waals surface area contributed by atoms with Crippen LogP contribution in [0.2, 0.25) is 0 Å². The van der Waals surface area contributed by atoms with Crippen molar-refractivity contribution in [2.24, 2.45) is 5.73 Å². The monoisotopic (exact) mass is 1170 g/mol. The van der Waals surface area contributed by atoms with Crippen molar-refractivity contribution in [1.82, 2.24) is 49.4 Å². The molecule has 10 amide bonds. The molecule has 25 heteroatoms. The highest BCUT2D eigenvalue weighted by Crippen LogP contribution is 2.15. The number of carbonyl (C=O) groups excluding carboxylic acids is 10. The maximum Gasteiger partial charge on any atom is 0.242 e. The molecule has 0 aromatic rings. The highest BCUT2D eigenvalue weighted by atomic mass is 16.3. The summed E-state index contributed by atoms with van der Waals surface area (Å²) in [5, 5.41) is 45.2. The molecule has 7 N–H and O–H groups in total. The van der Waals surface area contributed by atoms with Crippen LogP contribution in [0.1, 0.15) is 157 Å². The second-order valence-corrected chi connectivity index (χ2v) is 22.0. The van der Waals surface area contributed by atoms with Gasteiger partial charge in [0.15, 0.2) is 0 Å². The summed E-state index contributed by atoms with van der Waals surface area (Å²) in [6.07, 6.45) is -1.60. The predicted molar refractivity (Wildman–Crippen MR) is 314 cm³/mol. The fraction of sp³-hybridized carbons (Fsp3) is 0.825. The van der Waals surface area contributed by atoms with E-state index in [0.29, 0.717) is 32.1 Å². The van der Waals surface area contributed by atoms with E-state index in [2.05, 4.69) is 5.32 Å². The van der Waals surface area contributed by atoms with Crippen molar-refractivity contribution in [3.63, 3.8) is 0 Å². The minimum atomic E-state index is -1.17. The molecule has 0 aliphatic heterocycles. The summed E-state index contributed by atoms with van der Waals surface area (Å²) in [5.74, 6) is -6.53. The molecule has 0 saturated heterocycles. The molecule has 82 heavy (non-hydrogen) atoms. The van der Waals surface area contributed by atoms with Crippen molar-refractivity contribution in [3.05, 3.63) is 0 Å². The molecule has 0 aromatic carbocycles. The fourth-order valence-corrected chi connectivity index (χ4v) is 8.52. The van der Waals surface area contributed by atoms with Gasteiger partial charge in [0, 0.05) is 62.4 Å². The smallest absolute Gasteiger partial charge is 0.242 e. The molecule has 0 saturated carbocycles. The number of aliphatic hydroxyl groups is 4. The van der Waals surface area contributed by atoms with E-state index >= 15 is 0 Å². The summed E-state index contributed by atoms with van der Waals surface area (Å²) in [5.41, 5.74) is 5.44. The lowest BCUT2D eigenvalue weighted by atomic mass is 10.1. The van der Waals surface area contributed by atoms with Gasteiger partial charge in [-0.15, -0.1) is 0 Å². The third-order valence-electron chi connectivity index (χ3n) is 14.6. The lowest BCUT2D eigenvalue weighted by molar-refractivity contribution is -0.152. The van der Waals surface area contributed by atoms with Crippen LogP contribution in [-0.4, -0.2) is 276 Å². The van der Waals surface area contributed by atoms with Crippen molar-refractivity contribution in [2.45, 2.75) is 217 Å². The highest BCUT2D eigenvalue weighted by Gasteiger charge is 2.35. The summed E-state index contributed by atoms with van der Waals surface area (Å²) in [6.45, 7) is 21.0. The van der Waals surface area contributed by atoms with E-state index in [9.17, 15) is 68.4 Å². The Kier molecular flexibility index (Phi) is 38.2. The Morgan fingerprint density at radius 3 is 0.768 bits per heavy atom. The summed E-state index contributed by atoms with van der Waals surface area (Å²) in [7, 11) is 0. The molecule has 10 atom stereocenters. The van der Waals surface area contributed by atoms with Gasteiger partial charge < -0.3 is 75.6 Å². The van der Waals surface area contributed by atoms with Crippen LogP contribution in [0, 0.1) is 0 Å². The first-order valence-corrected chi connectivity index (χ1v) is 29.1. The van der Waals surface area contributed by atoms with Gasteiger partial charge in [-0.1, -0.05) is 49.0 Å². The Labute approximate surface area is 490 Å². The van der Waals surface area contributed by atoms with E-state index in [4.69, 9.17) is 5.73 Å². The molecule has 0 aromatic heterocycles. The number of nitrogens with one attached hydrogen (secondary N) is 1. The first kappa shape index (κ1) is 78.6. The number of aliphatic hydroxyl groups excluding tert-OH is 4. The minimum absolute atomic E-state index is 0. The molecule has 0 radical (unpaired) electrons. The van der Waals surface area contributed by atoms with Crippen molar-refractivity contribution in [3.8, 4) is 0 Å². The molecule has 0 rings (SSSR count). The van der Waals surface area contributed by atoms with Crippen molar-refractivity contribution in [1.29, 1.82) is 0 Å². The number of nitrogens with zero attached hydrogens (tertiary/aromatic N) is 9. The Morgan fingerprint density at radius 1 is 0.329 bits per heavy atom. The molecule has 0 bridgehead atoms. The van der Waals surface area contributed by atoms with Crippen LogP contribution in [0.15, 0.2) is 0 Å². The molecule has 0 spiro atoms. The topological polar surface area (TPSA) is 319 Å². The van der Waals surface area contributed by atoms with Gasteiger partial charge in [-0.2, -0.15) is 0 Å². The molecule has 0 unspecified atom stereocenters. The first-order valence-electron chi connectivity index (χ1n) is 29.1. The Balaban J connectivity index is 0. The summed E-state index contributed by atoms with van der Waals surface area (Å²) >= 11 is 0. The van der Waals surface area contributed by atoms with E-state index in [-0.39, 0.29) is 77.3 Å². The van der Waals surface area contributed by atoms with Gasteiger partial charge in [0.1, 0.15) is 26.2 Å². The summed E-state index contributed by atoms with van der Waals surface area (Å²) in [6, 6.07) is -2.37. The Bertz CT molecular complexity index is 2010. The van der Waals surface area contributed by atoms with Gasteiger partial charge in [0.25, 0.3) is 0 Å². The van der Waals surface area contributed by atoms with Gasteiger partial charge in [0.05, 0.1) is 63.7 Å². The van der Waals surface area contributed by atoms with E-state index < -0.39 is 142 Å². The fourth-order valence-electron chi connectivity index (χ4n) is 8.52. The lowest BCUT2D eigenvalue weighted by Gasteiger charge is -2.36. The highest BCUT2D eigenvalue weighted by molar-refractivity contribution is 5.94. The number of nitrogens with two attached hydrogens (primary N) is 1. The van der Waals surface area contributed by atoms with Crippen LogP contribution in [0.3, 0.4) is 0 Å². The standard InChI is InChI=1S/C56H105N11O14.CH4/c1-17-37(7)58-23-48(73)64(39(9)19-3)33-51(76)59(24-43(13)68)29-49(74)62(27-46(16)71)32-54(79)67(42(12)22-6)36-56(81)65(40(10)20-4)34-52(77)60(25-44(14)69)30-50(75)61(26-45(15)70)31-53(78)66(41(11)21-5)35-55(80)63(28-47(57)72)38(8)18-2;/h37-46,58,68-71H,17-36H2,1-16H3,(H2,57,72);1H4/t37-,38+,39+,40+,41-,42-,43-,44-,45+,46+;/m1./s1. The average molecular weight is 1170 g/mol. The van der Waals surface area contributed by atoms with E-state index in [0.717, 1.165) is 26.0 Å². The van der Waals surface area contributed by atoms with E-state index in [1.165, 1.54) is 52.2 Å². The van der Waals surface area contributed by atoms with Crippen molar-refractivity contribution < 1.29 is 68.4 Å². The van der Waals surface area contributed by atoms with Crippen molar-refractivity contribution in [2.75, 3.05) is 91.6 Å². The van der Waals surface area contributed by atoms with E-state index in [1.807, 2.05) is 27.7 Å². The number of amides is 10. The molecule has 0 fully saturated rings. The number of rotatable bonds is 40. The molecular weight excluding hydrogens is 1060 g/mol. The van der Waals surface area contributed by atoms with Crippen LogP contribution in [0.4, 0.5) is 0 Å². The number of hydrogen-bond acceptors (Lipinski definition) is 15. The zero-order chi connectivity index (χ0) is 62.6. The lowest BCUT2D eigenvalue weighted by Crippen LogP contribution is -2.56. The van der Waals surface area contributed by atoms with E-state index in [1.54, 1.807) is 55.4 Å². The van der Waals surface area contributed by atoms with Crippen LogP contribution in [0.5, 0.6) is 0 Å². The van der Waals surface area contributed by atoms with Crippen molar-refractivity contribution >= 4 is 59.1 Å². The summed E-state index contributed by atoms with van der Waals surface area (Å²) in [4.78, 5) is 149. The van der Waals surface area contributed by atoms with Crippen LogP contribution < -0.4 is 11.1 Å². The molecular formula is C57H109N11O14. The number of primary amides is 1. The SMILES string of the molecule is C.CC[C@@H](C)NCC(=O)N(CC(=O)N(CC(=O)N(CC(=O)N(CC(=O)N(CC(=O)N(CC(=O)N(CC(=O)N(CC(=O)N(CC(N)=O)[C@@H](C)CC)[C@H](C)CC)C[C@H](C)O)C[C@@H](C)O)[C@@H](C)CC)[C@H](C)CC)C[C@H](C)O)C[C@@H](C)O)[C@@H](C)CC. The molecule has 0 aliphatic rings. The molecule has 0 heterocycles. The zero-order valence-corrected chi connectivity index (χ0v) is 51.9. The Hall–Kier alpha value is -5.50. The second kappa shape index (κ2) is 39.9. The molecule has 25 nitrogen and oxygen atoms in total. The normalized spacial score (nSPS) is 14.8. The Morgan fingerprint density at radius 2 is 0.537 bits per heavy atom. The maximum absolute atomic E-state index is 14.5. The largest absolute Gasteiger partial charge is 0.392 e. The van der Waals surface area contributed by atoms with Gasteiger partial charge in [-0.25, -0.2) is 0 Å². The quantitative estimate of drug-likeness (QED) is 0.0486. The third-order valence-corrected chi connectivity index (χ3v) is 14.6. The van der Waals surface area contributed by atoms with Crippen LogP contribution in [-0.2, 0) is 47.9 Å². The maximum atomic E-state index is 14.5. The molecule has 476 valence electrons. The average Bonchev–Trinajstić information content (AvgIpc) is 3.39. The van der Waals surface area contributed by atoms with Gasteiger partial charge >= 0.3 is 0 Å². The second-order valence-electron chi connectivity index (χ2n) is 22.0. The predicted octanol–water partition coefficient (Wildman–Crippen LogP) is 0.469. The minimum Gasteiger partial charge on any atom is -0.392 e. The van der Waals surface area contributed by atoms with Crippen LogP contribution >= 0.6 is 0 Å². The first-order chi connectivity index (χ1) is 37.7. The number of hydrogen-bond donors (Lipinski definition) is 6.